The van der Waals surface area contributed by atoms with Gasteiger partial charge in [0, 0.05) is 22.8 Å². The van der Waals surface area contributed by atoms with Gasteiger partial charge in [0.05, 0.1) is 21.3 Å². The van der Waals surface area contributed by atoms with Crippen molar-refractivity contribution in [1.82, 2.24) is 10.1 Å². The van der Waals surface area contributed by atoms with Crippen LogP contribution in [0.4, 0.5) is 0 Å². The second-order valence-electron chi connectivity index (χ2n) is 6.15. The van der Waals surface area contributed by atoms with Gasteiger partial charge in [0.1, 0.15) is 5.75 Å². The number of nitrogens with zero attached hydrogens (tertiary/aromatic N) is 2. The second-order valence-corrected chi connectivity index (χ2v) is 7.40. The second kappa shape index (κ2) is 10.3. The molecule has 0 aliphatic carbocycles. The van der Waals surface area contributed by atoms with Crippen LogP contribution in [-0.2, 0) is 4.79 Å². The number of aromatic nitrogens is 2. The Balaban J connectivity index is 0.000000858. The molecule has 4 aromatic rings. The minimum absolute atomic E-state index is 0.250. The van der Waals surface area contributed by atoms with E-state index in [9.17, 15) is 0 Å². The summed E-state index contributed by atoms with van der Waals surface area (Å²) < 4.78 is 11.3. The molecule has 0 spiro atoms. The number of aryl methyl sites for hydroxylation is 1. The van der Waals surface area contributed by atoms with Crippen LogP contribution in [0.25, 0.3) is 22.5 Å². The Morgan fingerprint density at radius 3 is 2.39 bits per heavy atom. The molecule has 0 bridgehead atoms. The molecule has 2 aromatic carbocycles. The maximum Gasteiger partial charge on any atom is 0.290 e. The highest BCUT2D eigenvalue weighted by molar-refractivity contribution is 6.42. The number of rotatable bonds is 4. The Labute approximate surface area is 193 Å². The number of carboxylic acid groups (broad SMARTS) is 1. The average molecular weight is 478 g/mol. The number of halogens is 3. The number of benzene rings is 2. The summed E-state index contributed by atoms with van der Waals surface area (Å²) in [4.78, 5) is 12.7. The van der Waals surface area contributed by atoms with Gasteiger partial charge in [0.25, 0.3) is 6.47 Å². The van der Waals surface area contributed by atoms with E-state index < -0.39 is 0 Å². The van der Waals surface area contributed by atoms with Gasteiger partial charge >= 0.3 is 0 Å². The molecule has 0 atom stereocenters. The molecule has 0 radical (unpaired) electrons. The van der Waals surface area contributed by atoms with Gasteiger partial charge < -0.3 is 14.4 Å². The summed E-state index contributed by atoms with van der Waals surface area (Å²) in [5.41, 5.74) is 3.21. The molecule has 1 N–H and O–H groups in total. The normalized spacial score (nSPS) is 10.2. The molecule has 0 saturated heterocycles. The summed E-state index contributed by atoms with van der Waals surface area (Å²) in [6, 6.07) is 16.1. The number of ether oxygens (including phenoxy) is 1. The first-order valence-electron chi connectivity index (χ1n) is 8.82. The lowest BCUT2D eigenvalue weighted by molar-refractivity contribution is -0.122. The largest absolute Gasteiger partial charge is 0.483 e. The van der Waals surface area contributed by atoms with Gasteiger partial charge in [-0.05, 0) is 48.9 Å². The van der Waals surface area contributed by atoms with E-state index in [1.54, 1.807) is 36.5 Å². The van der Waals surface area contributed by atoms with Crippen LogP contribution < -0.4 is 4.74 Å². The van der Waals surface area contributed by atoms with Crippen molar-refractivity contribution in [3.05, 3.63) is 81.6 Å². The van der Waals surface area contributed by atoms with Gasteiger partial charge in [-0.3, -0.25) is 4.79 Å². The fraction of sp³-hybridized carbons (Fsp3) is 0.0455. The number of pyridine rings is 1. The van der Waals surface area contributed by atoms with E-state index in [0.29, 0.717) is 32.5 Å². The molecule has 4 rings (SSSR count). The standard InChI is InChI=1S/C21H13Cl3N2O2.CH2O2/c1-12-20(13-5-7-17(23)18(24)9-13)21(28-26-12)14-6-8-19(25-11-14)27-16-4-2-3-15(22)10-16;2-1-3/h2-11H,1H3;1H,(H,2,3). The molecule has 9 heteroatoms. The highest BCUT2D eigenvalue weighted by atomic mass is 35.5. The Kier molecular flexibility index (Phi) is 7.52. The van der Waals surface area contributed by atoms with Gasteiger partial charge in [0.15, 0.2) is 5.76 Å². The van der Waals surface area contributed by atoms with Crippen LogP contribution in [0.15, 0.2) is 65.3 Å². The first-order valence-corrected chi connectivity index (χ1v) is 9.95. The molecule has 0 unspecified atom stereocenters. The zero-order valence-corrected chi connectivity index (χ0v) is 18.3. The van der Waals surface area contributed by atoms with Crippen LogP contribution in [0.3, 0.4) is 0 Å². The van der Waals surface area contributed by atoms with Crippen molar-refractivity contribution in [2.24, 2.45) is 0 Å². The van der Waals surface area contributed by atoms with Crippen molar-refractivity contribution >= 4 is 41.3 Å². The van der Waals surface area contributed by atoms with Gasteiger partial charge in [-0.2, -0.15) is 0 Å². The molecule has 158 valence electrons. The highest BCUT2D eigenvalue weighted by Crippen LogP contribution is 2.37. The average Bonchev–Trinajstić information content (AvgIpc) is 3.13. The lowest BCUT2D eigenvalue weighted by Gasteiger charge is -2.07. The van der Waals surface area contributed by atoms with Crippen LogP contribution in [0.2, 0.25) is 15.1 Å². The zero-order valence-electron chi connectivity index (χ0n) is 16.1. The Bertz CT molecular complexity index is 1190. The Morgan fingerprint density at radius 2 is 1.74 bits per heavy atom. The third-order valence-electron chi connectivity index (χ3n) is 4.09. The maximum absolute atomic E-state index is 8.36. The predicted octanol–water partition coefficient (Wildman–Crippen LogP) is 7.17. The molecule has 0 aliphatic rings. The van der Waals surface area contributed by atoms with Gasteiger partial charge in [-0.1, -0.05) is 52.1 Å². The molecule has 31 heavy (non-hydrogen) atoms. The topological polar surface area (TPSA) is 85.5 Å². The van der Waals surface area contributed by atoms with Crippen LogP contribution in [0, 0.1) is 6.92 Å². The van der Waals surface area contributed by atoms with Gasteiger partial charge in [-0.25, -0.2) is 4.98 Å². The van der Waals surface area contributed by atoms with E-state index in [4.69, 9.17) is 54.0 Å². The van der Waals surface area contributed by atoms with E-state index in [1.165, 1.54) is 0 Å². The zero-order chi connectivity index (χ0) is 22.4. The fourth-order valence-corrected chi connectivity index (χ4v) is 3.26. The fourth-order valence-electron chi connectivity index (χ4n) is 2.78. The molecule has 0 saturated carbocycles. The number of hydrogen-bond donors (Lipinski definition) is 1. The molecule has 0 fully saturated rings. The minimum Gasteiger partial charge on any atom is -0.483 e. The van der Waals surface area contributed by atoms with E-state index in [2.05, 4.69) is 10.1 Å². The summed E-state index contributed by atoms with van der Waals surface area (Å²) in [5, 5.41) is 12.5. The van der Waals surface area contributed by atoms with Crippen molar-refractivity contribution in [2.45, 2.75) is 6.92 Å². The predicted molar refractivity (Wildman–Crippen MR) is 120 cm³/mol. The first-order chi connectivity index (χ1) is 14.9. The van der Waals surface area contributed by atoms with E-state index in [0.717, 1.165) is 22.4 Å². The van der Waals surface area contributed by atoms with Crippen molar-refractivity contribution in [2.75, 3.05) is 0 Å². The van der Waals surface area contributed by atoms with Gasteiger partial charge in [0.2, 0.25) is 5.88 Å². The SMILES string of the molecule is Cc1noc(-c2ccc(Oc3cccc(Cl)c3)nc2)c1-c1ccc(Cl)c(Cl)c1.O=CO. The summed E-state index contributed by atoms with van der Waals surface area (Å²) in [6.45, 7) is 1.62. The van der Waals surface area contributed by atoms with E-state index >= 15 is 0 Å². The molecule has 2 heterocycles. The summed E-state index contributed by atoms with van der Waals surface area (Å²) in [6.07, 6.45) is 1.67. The van der Waals surface area contributed by atoms with E-state index in [1.807, 2.05) is 31.2 Å². The third-order valence-corrected chi connectivity index (χ3v) is 5.06. The molecule has 6 nitrogen and oxygen atoms in total. The molecular weight excluding hydrogens is 463 g/mol. The van der Waals surface area contributed by atoms with Crippen LogP contribution in [0.5, 0.6) is 11.6 Å². The third kappa shape index (κ3) is 5.55. The lowest BCUT2D eigenvalue weighted by Crippen LogP contribution is -1.89. The van der Waals surface area contributed by atoms with Crippen LogP contribution >= 0.6 is 34.8 Å². The van der Waals surface area contributed by atoms with Crippen molar-refractivity contribution in [3.8, 4) is 34.1 Å². The smallest absolute Gasteiger partial charge is 0.290 e. The quantitative estimate of drug-likeness (QED) is 0.314. The van der Waals surface area contributed by atoms with Crippen molar-refractivity contribution in [1.29, 1.82) is 0 Å². The summed E-state index contributed by atoms with van der Waals surface area (Å²) in [7, 11) is 0. The summed E-state index contributed by atoms with van der Waals surface area (Å²) >= 11 is 18.2. The Hall–Kier alpha value is -3.06. The minimum atomic E-state index is -0.250. The van der Waals surface area contributed by atoms with Crippen molar-refractivity contribution < 1.29 is 19.2 Å². The van der Waals surface area contributed by atoms with E-state index in [-0.39, 0.29) is 6.47 Å². The molecule has 2 aromatic heterocycles. The number of hydrogen-bond acceptors (Lipinski definition) is 5. The lowest BCUT2D eigenvalue weighted by atomic mass is 10.0. The van der Waals surface area contributed by atoms with Crippen molar-refractivity contribution in [3.63, 3.8) is 0 Å². The Morgan fingerprint density at radius 1 is 1.00 bits per heavy atom. The summed E-state index contributed by atoms with van der Waals surface area (Å²) in [5.74, 6) is 1.65. The van der Waals surface area contributed by atoms with Gasteiger partial charge in [-0.15, -0.1) is 0 Å². The van der Waals surface area contributed by atoms with Crippen LogP contribution in [0.1, 0.15) is 5.69 Å². The molecule has 0 aliphatic heterocycles. The molecular formula is C22H15Cl3N2O4. The highest BCUT2D eigenvalue weighted by Gasteiger charge is 2.18. The van der Waals surface area contributed by atoms with Crippen LogP contribution in [-0.4, -0.2) is 21.7 Å². The maximum atomic E-state index is 8.36. The first kappa shape index (κ1) is 22.6. The molecule has 0 amide bonds. The number of carbonyl (C=O) groups is 1. The monoisotopic (exact) mass is 476 g/mol.